The highest BCUT2D eigenvalue weighted by Gasteiger charge is 2.13. The average molecular weight is 336 g/mol. The zero-order chi connectivity index (χ0) is 17.2. The van der Waals surface area contributed by atoms with Crippen molar-refractivity contribution in [1.82, 2.24) is 19.7 Å². The van der Waals surface area contributed by atoms with Gasteiger partial charge in [0.05, 0.1) is 19.0 Å². The van der Waals surface area contributed by atoms with Crippen LogP contribution < -0.4 is 9.47 Å². The highest BCUT2D eigenvalue weighted by molar-refractivity contribution is 5.81. The van der Waals surface area contributed by atoms with Gasteiger partial charge in [-0.05, 0) is 36.4 Å². The summed E-state index contributed by atoms with van der Waals surface area (Å²) in [7, 11) is 1.59. The molecule has 0 saturated carbocycles. The van der Waals surface area contributed by atoms with E-state index >= 15 is 0 Å². The molecular weight excluding hydrogens is 323 g/mol. The lowest BCUT2D eigenvalue weighted by molar-refractivity contribution is 0.408. The normalized spacial score (nSPS) is 10.8. The van der Waals surface area contributed by atoms with Crippen molar-refractivity contribution in [2.75, 3.05) is 7.11 Å². The molecule has 0 atom stereocenters. The quantitative estimate of drug-likeness (QED) is 0.568. The molecule has 0 aliphatic heterocycles. The van der Waals surface area contributed by atoms with Crippen molar-refractivity contribution in [1.29, 1.82) is 0 Å². The Hall–Kier alpha value is -3.48. The first-order valence-electron chi connectivity index (χ1n) is 7.51. The molecule has 2 aromatic heterocycles. The van der Waals surface area contributed by atoms with Crippen LogP contribution in [-0.2, 0) is 0 Å². The van der Waals surface area contributed by atoms with Crippen LogP contribution in [0.5, 0.6) is 17.4 Å². The molecule has 0 saturated heterocycles. The molecule has 4 aromatic rings. The Kier molecular flexibility index (Phi) is 3.74. The number of hydrogen-bond acceptors (Lipinski definition) is 5. The molecule has 2 heterocycles. The minimum Gasteiger partial charge on any atom is -0.497 e. The summed E-state index contributed by atoms with van der Waals surface area (Å²) in [4.78, 5) is 8.46. The molecule has 0 amide bonds. The fourth-order valence-corrected chi connectivity index (χ4v) is 2.45. The van der Waals surface area contributed by atoms with E-state index in [-0.39, 0.29) is 5.82 Å². The lowest BCUT2D eigenvalue weighted by Gasteiger charge is -2.07. The van der Waals surface area contributed by atoms with Crippen LogP contribution in [0.1, 0.15) is 0 Å². The molecule has 4 rings (SSSR count). The number of aromatic nitrogens is 4. The Morgan fingerprint density at radius 1 is 1.00 bits per heavy atom. The van der Waals surface area contributed by atoms with Crippen LogP contribution in [0.15, 0.2) is 61.1 Å². The van der Waals surface area contributed by atoms with Crippen molar-refractivity contribution in [3.05, 3.63) is 66.9 Å². The average Bonchev–Trinajstić information content (AvgIpc) is 3.08. The summed E-state index contributed by atoms with van der Waals surface area (Å²) in [6.45, 7) is 0. The standard InChI is InChI=1S/C18H13FN4O2/c1-24-14-3-2-4-15(9-14)25-18-16-10-22-23(17(16)20-11-21-18)13-7-5-12(19)6-8-13/h2-11H,1H3. The number of ether oxygens (including phenoxy) is 2. The van der Waals surface area contributed by atoms with Gasteiger partial charge in [0.1, 0.15) is 29.0 Å². The van der Waals surface area contributed by atoms with Crippen molar-refractivity contribution in [2.24, 2.45) is 0 Å². The van der Waals surface area contributed by atoms with E-state index in [0.29, 0.717) is 34.1 Å². The predicted molar refractivity (Wildman–Crippen MR) is 89.7 cm³/mol. The number of hydrogen-bond donors (Lipinski definition) is 0. The summed E-state index contributed by atoms with van der Waals surface area (Å²) in [5, 5.41) is 4.97. The summed E-state index contributed by atoms with van der Waals surface area (Å²) in [5.41, 5.74) is 1.27. The molecule has 0 N–H and O–H groups in total. The van der Waals surface area contributed by atoms with E-state index in [2.05, 4.69) is 15.1 Å². The van der Waals surface area contributed by atoms with Crippen molar-refractivity contribution < 1.29 is 13.9 Å². The Labute approximate surface area is 142 Å². The van der Waals surface area contributed by atoms with E-state index in [4.69, 9.17) is 9.47 Å². The number of fused-ring (bicyclic) bond motifs is 1. The molecule has 2 aromatic carbocycles. The highest BCUT2D eigenvalue weighted by Crippen LogP contribution is 2.29. The van der Waals surface area contributed by atoms with Gasteiger partial charge in [0.15, 0.2) is 5.65 Å². The van der Waals surface area contributed by atoms with Gasteiger partial charge in [0.2, 0.25) is 5.88 Å². The van der Waals surface area contributed by atoms with Crippen LogP contribution in [0.3, 0.4) is 0 Å². The predicted octanol–water partition coefficient (Wildman–Crippen LogP) is 3.76. The van der Waals surface area contributed by atoms with E-state index < -0.39 is 0 Å². The topological polar surface area (TPSA) is 62.1 Å². The fraction of sp³-hybridized carbons (Fsp3) is 0.0556. The number of benzene rings is 2. The molecular formula is C18H13FN4O2. The summed E-state index contributed by atoms with van der Waals surface area (Å²) in [5.74, 6) is 1.35. The third-order valence-corrected chi connectivity index (χ3v) is 3.66. The lowest BCUT2D eigenvalue weighted by atomic mass is 10.3. The molecule has 0 aliphatic rings. The summed E-state index contributed by atoms with van der Waals surface area (Å²) >= 11 is 0. The zero-order valence-electron chi connectivity index (χ0n) is 13.3. The molecule has 0 radical (unpaired) electrons. The van der Waals surface area contributed by atoms with Gasteiger partial charge >= 0.3 is 0 Å². The molecule has 0 aliphatic carbocycles. The van der Waals surface area contributed by atoms with Crippen LogP contribution >= 0.6 is 0 Å². The van der Waals surface area contributed by atoms with Crippen LogP contribution in [0.4, 0.5) is 4.39 Å². The number of nitrogens with zero attached hydrogens (tertiary/aromatic N) is 4. The maximum absolute atomic E-state index is 13.1. The van der Waals surface area contributed by atoms with Gasteiger partial charge in [-0.15, -0.1) is 0 Å². The molecule has 0 bridgehead atoms. The van der Waals surface area contributed by atoms with Crippen molar-refractivity contribution in [3.63, 3.8) is 0 Å². The van der Waals surface area contributed by atoms with Gasteiger partial charge in [-0.1, -0.05) is 6.07 Å². The van der Waals surface area contributed by atoms with Gasteiger partial charge in [-0.3, -0.25) is 0 Å². The van der Waals surface area contributed by atoms with Crippen LogP contribution in [0, 0.1) is 5.82 Å². The Morgan fingerprint density at radius 3 is 2.60 bits per heavy atom. The van der Waals surface area contributed by atoms with Crippen molar-refractivity contribution in [3.8, 4) is 23.1 Å². The smallest absolute Gasteiger partial charge is 0.233 e. The zero-order valence-corrected chi connectivity index (χ0v) is 13.3. The number of methoxy groups -OCH3 is 1. The Balaban J connectivity index is 1.75. The SMILES string of the molecule is COc1cccc(Oc2ncnc3c2cnn3-c2ccc(F)cc2)c1. The van der Waals surface area contributed by atoms with Gasteiger partial charge in [0, 0.05) is 6.07 Å². The molecule has 25 heavy (non-hydrogen) atoms. The summed E-state index contributed by atoms with van der Waals surface area (Å²) in [6, 6.07) is 13.2. The monoisotopic (exact) mass is 336 g/mol. The second-order valence-corrected chi connectivity index (χ2v) is 5.23. The Morgan fingerprint density at radius 2 is 1.80 bits per heavy atom. The molecule has 0 spiro atoms. The van der Waals surface area contributed by atoms with E-state index in [9.17, 15) is 4.39 Å². The first-order chi connectivity index (χ1) is 12.2. The third-order valence-electron chi connectivity index (χ3n) is 3.66. The van der Waals surface area contributed by atoms with Gasteiger partial charge in [0.25, 0.3) is 0 Å². The summed E-state index contributed by atoms with van der Waals surface area (Å²) < 4.78 is 25.8. The number of rotatable bonds is 4. The first-order valence-corrected chi connectivity index (χ1v) is 7.51. The van der Waals surface area contributed by atoms with Crippen molar-refractivity contribution in [2.45, 2.75) is 0 Å². The maximum Gasteiger partial charge on any atom is 0.233 e. The minimum absolute atomic E-state index is 0.308. The molecule has 7 heteroatoms. The fourth-order valence-electron chi connectivity index (χ4n) is 2.45. The van der Waals surface area contributed by atoms with Crippen LogP contribution in [0.25, 0.3) is 16.7 Å². The molecule has 6 nitrogen and oxygen atoms in total. The second-order valence-electron chi connectivity index (χ2n) is 5.23. The largest absolute Gasteiger partial charge is 0.497 e. The van der Waals surface area contributed by atoms with E-state index in [1.54, 1.807) is 42.3 Å². The molecule has 124 valence electrons. The van der Waals surface area contributed by atoms with Crippen LogP contribution in [-0.4, -0.2) is 26.9 Å². The minimum atomic E-state index is -0.308. The number of halogens is 1. The third kappa shape index (κ3) is 2.87. The van der Waals surface area contributed by atoms with E-state index in [1.807, 2.05) is 12.1 Å². The highest BCUT2D eigenvalue weighted by atomic mass is 19.1. The van der Waals surface area contributed by atoms with Crippen molar-refractivity contribution >= 4 is 11.0 Å². The van der Waals surface area contributed by atoms with Gasteiger partial charge in [-0.25, -0.2) is 19.0 Å². The Bertz CT molecular complexity index is 1030. The van der Waals surface area contributed by atoms with Gasteiger partial charge < -0.3 is 9.47 Å². The first kappa shape index (κ1) is 15.1. The maximum atomic E-state index is 13.1. The van der Waals surface area contributed by atoms with Crippen LogP contribution in [0.2, 0.25) is 0 Å². The lowest BCUT2D eigenvalue weighted by Crippen LogP contribution is -1.98. The molecule has 0 fully saturated rings. The molecule has 0 unspecified atom stereocenters. The van der Waals surface area contributed by atoms with Gasteiger partial charge in [-0.2, -0.15) is 5.10 Å². The van der Waals surface area contributed by atoms with E-state index in [0.717, 1.165) is 0 Å². The second kappa shape index (κ2) is 6.20. The summed E-state index contributed by atoms with van der Waals surface area (Å²) in [6.07, 6.45) is 3.02. The van der Waals surface area contributed by atoms with E-state index in [1.165, 1.54) is 18.5 Å².